The van der Waals surface area contributed by atoms with Gasteiger partial charge >= 0.3 is 0 Å². The molecule has 2 aliphatic rings. The van der Waals surface area contributed by atoms with Crippen LogP contribution in [0.3, 0.4) is 0 Å². The van der Waals surface area contributed by atoms with Gasteiger partial charge in [-0.2, -0.15) is 0 Å². The van der Waals surface area contributed by atoms with Crippen molar-refractivity contribution in [3.05, 3.63) is 0 Å². The Morgan fingerprint density at radius 2 is 0.793 bits per heavy atom. The van der Waals surface area contributed by atoms with Gasteiger partial charge in [0.2, 0.25) is 0 Å². The summed E-state index contributed by atoms with van der Waals surface area (Å²) in [6, 6.07) is 0. The Bertz CT molecular complexity index is 436. The van der Waals surface area contributed by atoms with E-state index in [1.54, 1.807) is 0 Å². The fraction of sp³-hybridized carbons (Fsp3) is 0.889. The van der Waals surface area contributed by atoms with Crippen LogP contribution in [0, 0.1) is 0 Å². The molecule has 2 aliphatic heterocycles. The Kier molecular flexibility index (Phi) is 13.4. The molecule has 2 rings (SSSR count). The zero-order valence-electron chi connectivity index (χ0n) is 17.1. The summed E-state index contributed by atoms with van der Waals surface area (Å²) in [5, 5.41) is 7.85. The van der Waals surface area contributed by atoms with Gasteiger partial charge in [0.05, 0.1) is 66.1 Å². The normalized spacial score (nSPS) is 23.6. The standard InChI is InChI=1S/C18H34N4O5S2/c28-17-19-1-7-23-13-14-24-8-2-20-18(29)22-4-10-25-9-3-21(17)5-11-26-15-16-27-12-6-22/h1-16H2,(H,19,28)(H,20,29). The van der Waals surface area contributed by atoms with Gasteiger partial charge in [0.1, 0.15) is 0 Å². The van der Waals surface area contributed by atoms with Crippen LogP contribution < -0.4 is 10.6 Å². The number of ether oxygens (including phenoxy) is 5. The maximum absolute atomic E-state index is 5.84. The van der Waals surface area contributed by atoms with Crippen LogP contribution in [0.15, 0.2) is 0 Å². The van der Waals surface area contributed by atoms with Gasteiger partial charge < -0.3 is 44.1 Å². The maximum Gasteiger partial charge on any atom is 0.169 e. The summed E-state index contributed by atoms with van der Waals surface area (Å²) >= 11 is 11.1. The highest BCUT2D eigenvalue weighted by atomic mass is 32.1. The molecule has 0 aromatic rings. The second-order valence-corrected chi connectivity index (χ2v) is 7.27. The Hall–Kier alpha value is -0.820. The molecule has 2 bridgehead atoms. The van der Waals surface area contributed by atoms with E-state index in [4.69, 9.17) is 48.1 Å². The van der Waals surface area contributed by atoms with E-state index in [2.05, 4.69) is 20.4 Å². The van der Waals surface area contributed by atoms with Crippen molar-refractivity contribution in [3.8, 4) is 0 Å². The summed E-state index contributed by atoms with van der Waals surface area (Å²) in [5.41, 5.74) is 0. The van der Waals surface area contributed by atoms with Gasteiger partial charge in [0, 0.05) is 39.3 Å². The monoisotopic (exact) mass is 450 g/mol. The first-order valence-corrected chi connectivity index (χ1v) is 11.0. The average Bonchev–Trinajstić information content (AvgIpc) is 2.73. The Morgan fingerprint density at radius 1 is 0.483 bits per heavy atom. The molecule has 9 nitrogen and oxygen atoms in total. The number of nitrogens with one attached hydrogen (secondary N) is 2. The zero-order valence-corrected chi connectivity index (χ0v) is 18.7. The molecule has 168 valence electrons. The number of hydrogen-bond donors (Lipinski definition) is 2. The van der Waals surface area contributed by atoms with Crippen LogP contribution in [0.25, 0.3) is 0 Å². The van der Waals surface area contributed by atoms with E-state index in [0.717, 1.165) is 0 Å². The van der Waals surface area contributed by atoms with Crippen molar-refractivity contribution in [1.29, 1.82) is 0 Å². The van der Waals surface area contributed by atoms with Crippen molar-refractivity contribution in [2.75, 3.05) is 105 Å². The maximum atomic E-state index is 5.84. The minimum absolute atomic E-state index is 0.549. The average molecular weight is 451 g/mol. The van der Waals surface area contributed by atoms with Gasteiger partial charge in [0.25, 0.3) is 0 Å². The van der Waals surface area contributed by atoms with Gasteiger partial charge in [-0.25, -0.2) is 0 Å². The topological polar surface area (TPSA) is 76.7 Å². The highest BCUT2D eigenvalue weighted by molar-refractivity contribution is 7.80. The number of nitrogens with zero attached hydrogens (tertiary/aromatic N) is 2. The van der Waals surface area contributed by atoms with Crippen LogP contribution in [0.4, 0.5) is 0 Å². The fourth-order valence-corrected chi connectivity index (χ4v) is 3.33. The summed E-state index contributed by atoms with van der Waals surface area (Å²) in [6.07, 6.45) is 0. The van der Waals surface area contributed by atoms with Crippen molar-refractivity contribution in [2.24, 2.45) is 0 Å². The van der Waals surface area contributed by atoms with Crippen LogP contribution in [0.2, 0.25) is 0 Å². The highest BCUT2D eigenvalue weighted by Crippen LogP contribution is 1.97. The van der Waals surface area contributed by atoms with Crippen molar-refractivity contribution in [3.63, 3.8) is 0 Å². The molecule has 2 fully saturated rings. The van der Waals surface area contributed by atoms with Crippen molar-refractivity contribution < 1.29 is 23.7 Å². The molecule has 0 atom stereocenters. The lowest BCUT2D eigenvalue weighted by molar-refractivity contribution is 0.0400. The molecule has 0 spiro atoms. The van der Waals surface area contributed by atoms with Crippen molar-refractivity contribution in [2.45, 2.75) is 0 Å². The Balaban J connectivity index is 1.97. The second kappa shape index (κ2) is 15.9. The molecule has 11 heteroatoms. The number of thiocarbonyl (C=S) groups is 2. The molecule has 0 saturated carbocycles. The largest absolute Gasteiger partial charge is 0.378 e. The van der Waals surface area contributed by atoms with E-state index in [1.807, 2.05) is 0 Å². The molecular weight excluding hydrogens is 416 g/mol. The molecule has 29 heavy (non-hydrogen) atoms. The summed E-state index contributed by atoms with van der Waals surface area (Å²) in [5.74, 6) is 0. The third-order valence-corrected chi connectivity index (χ3v) is 5.19. The SMILES string of the molecule is S=C1NCCOCCOCCNC(=S)N2CCOCCOCCN1CCOCC2. The molecule has 0 aromatic carbocycles. The molecule has 0 amide bonds. The molecular formula is C18H34N4O5S2. The predicted molar refractivity (Wildman–Crippen MR) is 118 cm³/mol. The van der Waals surface area contributed by atoms with Gasteiger partial charge in [-0.05, 0) is 24.4 Å². The molecule has 0 radical (unpaired) electrons. The van der Waals surface area contributed by atoms with Crippen molar-refractivity contribution in [1.82, 2.24) is 20.4 Å². The van der Waals surface area contributed by atoms with Crippen LogP contribution in [0.5, 0.6) is 0 Å². The van der Waals surface area contributed by atoms with Crippen LogP contribution in [-0.4, -0.2) is 125 Å². The molecule has 2 heterocycles. The number of fused-ring (bicyclic) bond motifs is 6. The third-order valence-electron chi connectivity index (χ3n) is 4.39. The minimum atomic E-state index is 0.549. The van der Waals surface area contributed by atoms with Gasteiger partial charge in [0.15, 0.2) is 10.2 Å². The van der Waals surface area contributed by atoms with E-state index in [0.29, 0.717) is 116 Å². The van der Waals surface area contributed by atoms with E-state index in [9.17, 15) is 0 Å². The molecule has 2 saturated heterocycles. The quantitative estimate of drug-likeness (QED) is 0.369. The van der Waals surface area contributed by atoms with Crippen LogP contribution in [0.1, 0.15) is 0 Å². The van der Waals surface area contributed by atoms with E-state index < -0.39 is 0 Å². The summed E-state index contributed by atoms with van der Waals surface area (Å²) in [4.78, 5) is 4.13. The highest BCUT2D eigenvalue weighted by Gasteiger charge is 2.12. The van der Waals surface area contributed by atoms with Gasteiger partial charge in [-0.15, -0.1) is 0 Å². The lowest BCUT2D eigenvalue weighted by Gasteiger charge is -2.27. The molecule has 0 aliphatic carbocycles. The first-order chi connectivity index (χ1) is 14.3. The zero-order chi connectivity index (χ0) is 20.6. The smallest absolute Gasteiger partial charge is 0.169 e. The first kappa shape index (κ1) is 24.4. The van der Waals surface area contributed by atoms with Crippen LogP contribution >= 0.6 is 24.4 Å². The summed E-state index contributed by atoms with van der Waals surface area (Å²) in [6.45, 7) is 9.76. The summed E-state index contributed by atoms with van der Waals surface area (Å²) in [7, 11) is 0. The molecule has 0 unspecified atom stereocenters. The van der Waals surface area contributed by atoms with E-state index in [-0.39, 0.29) is 0 Å². The molecule has 2 N–H and O–H groups in total. The van der Waals surface area contributed by atoms with Gasteiger partial charge in [-0.3, -0.25) is 0 Å². The fourth-order valence-electron chi connectivity index (χ4n) is 2.76. The minimum Gasteiger partial charge on any atom is -0.378 e. The van der Waals surface area contributed by atoms with E-state index >= 15 is 0 Å². The summed E-state index contributed by atoms with van der Waals surface area (Å²) < 4.78 is 28.4. The molecule has 0 aromatic heterocycles. The first-order valence-electron chi connectivity index (χ1n) is 10.2. The number of rotatable bonds is 0. The second-order valence-electron chi connectivity index (χ2n) is 6.50. The predicted octanol–water partition coefficient (Wildman–Crippen LogP) is -0.550. The van der Waals surface area contributed by atoms with Crippen LogP contribution in [-0.2, 0) is 23.7 Å². The lowest BCUT2D eigenvalue weighted by atomic mass is 10.5. The third kappa shape index (κ3) is 11.2. The Morgan fingerprint density at radius 3 is 1.17 bits per heavy atom. The Labute approximate surface area is 184 Å². The van der Waals surface area contributed by atoms with Crippen molar-refractivity contribution >= 4 is 34.7 Å². The van der Waals surface area contributed by atoms with Gasteiger partial charge in [-0.1, -0.05) is 0 Å². The lowest BCUT2D eigenvalue weighted by Crippen LogP contribution is -2.45. The number of hydrogen-bond acceptors (Lipinski definition) is 7. The van der Waals surface area contributed by atoms with E-state index in [1.165, 1.54) is 0 Å².